The van der Waals surface area contributed by atoms with Crippen molar-refractivity contribution in [3.05, 3.63) is 42.1 Å². The van der Waals surface area contributed by atoms with Crippen LogP contribution in [0, 0.1) is 11.8 Å². The molecule has 0 fully saturated rings. The van der Waals surface area contributed by atoms with Crippen LogP contribution in [-0.4, -0.2) is 18.1 Å². The number of rotatable bonds is 5. The third-order valence-electron chi connectivity index (χ3n) is 4.14. The summed E-state index contributed by atoms with van der Waals surface area (Å²) in [5.74, 6) is 1.32. The zero-order valence-electron chi connectivity index (χ0n) is 12.4. The van der Waals surface area contributed by atoms with Crippen molar-refractivity contribution in [3.63, 3.8) is 0 Å². The molecule has 0 radical (unpaired) electrons. The molecular formula is C17H24N2. The smallest absolute Gasteiger partial charge is 0.0705 e. The Hall–Kier alpha value is -1.41. The minimum absolute atomic E-state index is 0.480. The maximum Gasteiger partial charge on any atom is 0.0705 e. The van der Waals surface area contributed by atoms with E-state index < -0.39 is 0 Å². The molecule has 0 aliphatic carbocycles. The van der Waals surface area contributed by atoms with Crippen molar-refractivity contribution in [3.8, 4) is 0 Å². The highest BCUT2D eigenvalue weighted by atomic mass is 14.9. The Morgan fingerprint density at radius 3 is 2.47 bits per heavy atom. The largest absolute Gasteiger partial charge is 0.316 e. The molecule has 1 heterocycles. The minimum atomic E-state index is 0.480. The van der Waals surface area contributed by atoms with Crippen LogP contribution in [-0.2, 0) is 6.42 Å². The van der Waals surface area contributed by atoms with Crippen LogP contribution >= 0.6 is 0 Å². The zero-order chi connectivity index (χ0) is 13.8. The van der Waals surface area contributed by atoms with Crippen LogP contribution in [0.25, 0.3) is 10.9 Å². The summed E-state index contributed by atoms with van der Waals surface area (Å²) in [4.78, 5) is 4.76. The van der Waals surface area contributed by atoms with Gasteiger partial charge in [0, 0.05) is 23.5 Å². The van der Waals surface area contributed by atoms with Crippen LogP contribution < -0.4 is 5.32 Å². The summed E-state index contributed by atoms with van der Waals surface area (Å²) in [6.45, 7) is 6.87. The molecule has 2 rings (SSSR count). The first-order valence-electron chi connectivity index (χ1n) is 7.13. The van der Waals surface area contributed by atoms with E-state index in [1.807, 2.05) is 13.1 Å². The summed E-state index contributed by atoms with van der Waals surface area (Å²) >= 11 is 0. The summed E-state index contributed by atoms with van der Waals surface area (Å²) in [6.07, 6.45) is 0.987. The molecular weight excluding hydrogens is 232 g/mol. The SMILES string of the molecule is CNC(Cc1ccc2ccccc2n1)C(C)C(C)C. The molecule has 2 heteroatoms. The first-order valence-corrected chi connectivity index (χ1v) is 7.13. The van der Waals surface area contributed by atoms with E-state index in [9.17, 15) is 0 Å². The number of pyridine rings is 1. The van der Waals surface area contributed by atoms with Crippen LogP contribution in [0.1, 0.15) is 26.5 Å². The Bertz CT molecular complexity index is 534. The molecule has 0 aliphatic rings. The summed E-state index contributed by atoms with van der Waals surface area (Å²) in [5.41, 5.74) is 2.26. The Balaban J connectivity index is 2.19. The van der Waals surface area contributed by atoms with Gasteiger partial charge in [0.05, 0.1) is 5.52 Å². The van der Waals surface area contributed by atoms with E-state index in [-0.39, 0.29) is 0 Å². The summed E-state index contributed by atoms with van der Waals surface area (Å²) in [5, 5.41) is 4.65. The van der Waals surface area contributed by atoms with Gasteiger partial charge in [-0.2, -0.15) is 0 Å². The number of nitrogens with zero attached hydrogens (tertiary/aromatic N) is 1. The maximum absolute atomic E-state index is 4.76. The molecule has 2 nitrogen and oxygen atoms in total. The maximum atomic E-state index is 4.76. The van der Waals surface area contributed by atoms with Crippen LogP contribution in [0.2, 0.25) is 0 Å². The van der Waals surface area contributed by atoms with Crippen molar-refractivity contribution in [2.45, 2.75) is 33.2 Å². The summed E-state index contributed by atoms with van der Waals surface area (Å²) in [7, 11) is 2.05. The van der Waals surface area contributed by atoms with E-state index in [0.717, 1.165) is 11.9 Å². The number of nitrogens with one attached hydrogen (secondary N) is 1. The Morgan fingerprint density at radius 1 is 1.05 bits per heavy atom. The van der Waals surface area contributed by atoms with Gasteiger partial charge in [0.25, 0.3) is 0 Å². The van der Waals surface area contributed by atoms with E-state index in [0.29, 0.717) is 17.9 Å². The van der Waals surface area contributed by atoms with E-state index in [2.05, 4.69) is 56.4 Å². The fourth-order valence-corrected chi connectivity index (χ4v) is 2.46. The number of benzene rings is 1. The van der Waals surface area contributed by atoms with Gasteiger partial charge in [-0.3, -0.25) is 4.98 Å². The molecule has 1 aromatic heterocycles. The second-order valence-corrected chi connectivity index (χ2v) is 5.70. The van der Waals surface area contributed by atoms with Crippen molar-refractivity contribution in [2.75, 3.05) is 7.05 Å². The third kappa shape index (κ3) is 3.32. The van der Waals surface area contributed by atoms with Crippen LogP contribution in [0.5, 0.6) is 0 Å². The second kappa shape index (κ2) is 6.16. The van der Waals surface area contributed by atoms with Crippen molar-refractivity contribution in [2.24, 2.45) is 11.8 Å². The monoisotopic (exact) mass is 256 g/mol. The van der Waals surface area contributed by atoms with Gasteiger partial charge in [0.15, 0.2) is 0 Å². The van der Waals surface area contributed by atoms with Gasteiger partial charge in [0.1, 0.15) is 0 Å². The topological polar surface area (TPSA) is 24.9 Å². The number of aromatic nitrogens is 1. The molecule has 102 valence electrons. The molecule has 2 unspecified atom stereocenters. The lowest BCUT2D eigenvalue weighted by molar-refractivity contribution is 0.308. The molecule has 1 N–H and O–H groups in total. The third-order valence-corrected chi connectivity index (χ3v) is 4.14. The highest BCUT2D eigenvalue weighted by Crippen LogP contribution is 2.19. The Labute approximate surface area is 116 Å². The number of hydrogen-bond donors (Lipinski definition) is 1. The number of likely N-dealkylation sites (N-methyl/N-ethyl adjacent to an activating group) is 1. The van der Waals surface area contributed by atoms with Gasteiger partial charge < -0.3 is 5.32 Å². The molecule has 1 aromatic carbocycles. The lowest BCUT2D eigenvalue weighted by Gasteiger charge is -2.26. The van der Waals surface area contributed by atoms with E-state index in [4.69, 9.17) is 4.98 Å². The van der Waals surface area contributed by atoms with Gasteiger partial charge in [0.2, 0.25) is 0 Å². The van der Waals surface area contributed by atoms with Crippen molar-refractivity contribution in [1.82, 2.24) is 10.3 Å². The average Bonchev–Trinajstić information content (AvgIpc) is 2.43. The summed E-state index contributed by atoms with van der Waals surface area (Å²) < 4.78 is 0. The first-order chi connectivity index (χ1) is 9.11. The molecule has 19 heavy (non-hydrogen) atoms. The van der Waals surface area contributed by atoms with Crippen LogP contribution in [0.4, 0.5) is 0 Å². The minimum Gasteiger partial charge on any atom is -0.316 e. The molecule has 0 aliphatic heterocycles. The van der Waals surface area contributed by atoms with E-state index >= 15 is 0 Å². The molecule has 0 spiro atoms. The molecule has 0 amide bonds. The quantitative estimate of drug-likeness (QED) is 0.883. The predicted molar refractivity (Wildman–Crippen MR) is 82.3 cm³/mol. The number of para-hydroxylation sites is 1. The lowest BCUT2D eigenvalue weighted by Crippen LogP contribution is -2.36. The highest BCUT2D eigenvalue weighted by molar-refractivity contribution is 5.78. The van der Waals surface area contributed by atoms with Crippen molar-refractivity contribution >= 4 is 10.9 Å². The first kappa shape index (κ1) is 14.0. The highest BCUT2D eigenvalue weighted by Gasteiger charge is 2.19. The molecule has 0 bridgehead atoms. The average molecular weight is 256 g/mol. The fourth-order valence-electron chi connectivity index (χ4n) is 2.46. The molecule has 0 saturated carbocycles. The van der Waals surface area contributed by atoms with Gasteiger partial charge in [-0.15, -0.1) is 0 Å². The van der Waals surface area contributed by atoms with Crippen molar-refractivity contribution in [1.29, 1.82) is 0 Å². The lowest BCUT2D eigenvalue weighted by atomic mass is 9.87. The predicted octanol–water partition coefficient (Wildman–Crippen LogP) is 3.66. The van der Waals surface area contributed by atoms with E-state index in [1.165, 1.54) is 11.1 Å². The van der Waals surface area contributed by atoms with Crippen molar-refractivity contribution < 1.29 is 0 Å². The molecule has 0 saturated heterocycles. The molecule has 2 atom stereocenters. The van der Waals surface area contributed by atoms with Gasteiger partial charge in [-0.05, 0) is 31.0 Å². The number of fused-ring (bicyclic) bond motifs is 1. The van der Waals surface area contributed by atoms with Crippen LogP contribution in [0.15, 0.2) is 36.4 Å². The molecule has 2 aromatic rings. The Kier molecular flexibility index (Phi) is 4.54. The van der Waals surface area contributed by atoms with E-state index in [1.54, 1.807) is 0 Å². The zero-order valence-corrected chi connectivity index (χ0v) is 12.4. The standard InChI is InChI=1S/C17H24N2/c1-12(2)13(3)17(18-4)11-15-10-9-14-7-5-6-8-16(14)19-15/h5-10,12-13,17-18H,11H2,1-4H3. The number of hydrogen-bond acceptors (Lipinski definition) is 2. The Morgan fingerprint density at radius 2 is 1.79 bits per heavy atom. The summed E-state index contributed by atoms with van der Waals surface area (Å²) in [6, 6.07) is 13.1. The van der Waals surface area contributed by atoms with Gasteiger partial charge in [-0.1, -0.05) is 45.0 Å². The van der Waals surface area contributed by atoms with Gasteiger partial charge in [-0.25, -0.2) is 0 Å². The fraction of sp³-hybridized carbons (Fsp3) is 0.471. The normalized spacial score (nSPS) is 14.8. The van der Waals surface area contributed by atoms with Crippen LogP contribution in [0.3, 0.4) is 0 Å². The van der Waals surface area contributed by atoms with Gasteiger partial charge >= 0.3 is 0 Å². The second-order valence-electron chi connectivity index (χ2n) is 5.70.